The standard InChI is InChI=1S/C18H21N5O2/c1-14(15-7-9-16(10-8-15)23-13-20-21-22-23)19-11-17(24)12-25-18-5-3-2-4-6-18/h2-10,13-14,17,19,24H,11-12H2,1H3. The molecule has 130 valence electrons. The molecule has 0 amide bonds. The van der Waals surface area contributed by atoms with Gasteiger partial charge in [-0.3, -0.25) is 0 Å². The number of para-hydroxylation sites is 1. The van der Waals surface area contributed by atoms with Gasteiger partial charge < -0.3 is 15.2 Å². The number of hydrogen-bond donors (Lipinski definition) is 2. The van der Waals surface area contributed by atoms with Crippen LogP contribution in [0.15, 0.2) is 60.9 Å². The highest BCUT2D eigenvalue weighted by Crippen LogP contribution is 2.15. The van der Waals surface area contributed by atoms with E-state index in [2.05, 4.69) is 27.8 Å². The van der Waals surface area contributed by atoms with E-state index < -0.39 is 6.10 Å². The van der Waals surface area contributed by atoms with Gasteiger partial charge in [-0.25, -0.2) is 4.68 Å². The van der Waals surface area contributed by atoms with Crippen molar-refractivity contribution in [1.82, 2.24) is 25.5 Å². The number of benzene rings is 2. The molecule has 0 saturated heterocycles. The fraction of sp³-hybridized carbons (Fsp3) is 0.278. The SMILES string of the molecule is CC(NCC(O)COc1ccccc1)c1ccc(-n2cnnn2)cc1. The molecule has 3 rings (SSSR count). The highest BCUT2D eigenvalue weighted by Gasteiger charge is 2.10. The van der Waals surface area contributed by atoms with Crippen LogP contribution in [0.2, 0.25) is 0 Å². The molecule has 0 saturated carbocycles. The van der Waals surface area contributed by atoms with Gasteiger partial charge in [0.05, 0.1) is 5.69 Å². The summed E-state index contributed by atoms with van der Waals surface area (Å²) in [5.74, 6) is 0.757. The van der Waals surface area contributed by atoms with E-state index in [-0.39, 0.29) is 12.6 Å². The molecule has 0 aliphatic heterocycles. The van der Waals surface area contributed by atoms with E-state index in [0.717, 1.165) is 17.0 Å². The molecule has 7 heteroatoms. The lowest BCUT2D eigenvalue weighted by Gasteiger charge is -2.18. The molecular formula is C18H21N5O2. The number of rotatable bonds is 8. The Hall–Kier alpha value is -2.77. The van der Waals surface area contributed by atoms with E-state index in [9.17, 15) is 5.11 Å². The van der Waals surface area contributed by atoms with Crippen molar-refractivity contribution in [2.45, 2.75) is 19.1 Å². The number of aliphatic hydroxyl groups excluding tert-OH is 1. The van der Waals surface area contributed by atoms with Crippen LogP contribution in [0.4, 0.5) is 0 Å². The summed E-state index contributed by atoms with van der Waals surface area (Å²) in [6.07, 6.45) is 0.975. The van der Waals surface area contributed by atoms with E-state index in [1.807, 2.05) is 54.6 Å². The molecule has 0 spiro atoms. The maximum atomic E-state index is 10.1. The van der Waals surface area contributed by atoms with Gasteiger partial charge >= 0.3 is 0 Å². The summed E-state index contributed by atoms with van der Waals surface area (Å²) in [6.45, 7) is 2.75. The van der Waals surface area contributed by atoms with Gasteiger partial charge in [-0.05, 0) is 47.2 Å². The number of aliphatic hydroxyl groups is 1. The molecule has 1 heterocycles. The Morgan fingerprint density at radius 2 is 1.88 bits per heavy atom. The van der Waals surface area contributed by atoms with Gasteiger partial charge in [0.15, 0.2) is 0 Å². The Balaban J connectivity index is 1.46. The Morgan fingerprint density at radius 3 is 2.56 bits per heavy atom. The lowest BCUT2D eigenvalue weighted by molar-refractivity contribution is 0.104. The monoisotopic (exact) mass is 339 g/mol. The average Bonchev–Trinajstić information content (AvgIpc) is 3.20. The van der Waals surface area contributed by atoms with Crippen LogP contribution in [-0.2, 0) is 0 Å². The molecule has 2 N–H and O–H groups in total. The predicted octanol–water partition coefficient (Wildman–Crippen LogP) is 1.75. The van der Waals surface area contributed by atoms with Crippen molar-refractivity contribution in [2.24, 2.45) is 0 Å². The second-order valence-corrected chi connectivity index (χ2v) is 5.75. The number of ether oxygens (including phenoxy) is 1. The quantitative estimate of drug-likeness (QED) is 0.650. The van der Waals surface area contributed by atoms with Crippen LogP contribution in [0.5, 0.6) is 5.75 Å². The van der Waals surface area contributed by atoms with E-state index in [4.69, 9.17) is 4.74 Å². The average molecular weight is 339 g/mol. The lowest BCUT2D eigenvalue weighted by atomic mass is 10.1. The maximum Gasteiger partial charge on any atom is 0.143 e. The second kappa shape index (κ2) is 8.36. The number of nitrogens with one attached hydrogen (secondary N) is 1. The van der Waals surface area contributed by atoms with Gasteiger partial charge in [-0.2, -0.15) is 0 Å². The molecule has 0 radical (unpaired) electrons. The van der Waals surface area contributed by atoms with Crippen LogP contribution in [0.3, 0.4) is 0 Å². The van der Waals surface area contributed by atoms with E-state index in [1.165, 1.54) is 0 Å². The van der Waals surface area contributed by atoms with Gasteiger partial charge in [0, 0.05) is 12.6 Å². The summed E-state index contributed by atoms with van der Waals surface area (Å²) in [6, 6.07) is 17.5. The maximum absolute atomic E-state index is 10.1. The van der Waals surface area contributed by atoms with Crippen LogP contribution in [-0.4, -0.2) is 44.6 Å². The first-order chi connectivity index (χ1) is 12.2. The minimum Gasteiger partial charge on any atom is -0.491 e. The van der Waals surface area contributed by atoms with Gasteiger partial charge in [-0.15, -0.1) is 5.10 Å². The Morgan fingerprint density at radius 1 is 1.12 bits per heavy atom. The van der Waals surface area contributed by atoms with Crippen LogP contribution < -0.4 is 10.1 Å². The molecule has 0 aliphatic rings. The number of hydrogen-bond acceptors (Lipinski definition) is 6. The van der Waals surface area contributed by atoms with Crippen LogP contribution in [0.1, 0.15) is 18.5 Å². The predicted molar refractivity (Wildman–Crippen MR) is 93.5 cm³/mol. The van der Waals surface area contributed by atoms with Gasteiger partial charge in [0.2, 0.25) is 0 Å². The molecule has 3 aromatic rings. The summed E-state index contributed by atoms with van der Waals surface area (Å²) in [5.41, 5.74) is 2.02. The fourth-order valence-corrected chi connectivity index (χ4v) is 2.39. The Kier molecular flexibility index (Phi) is 5.71. The second-order valence-electron chi connectivity index (χ2n) is 5.75. The smallest absolute Gasteiger partial charge is 0.143 e. The number of nitrogens with zero attached hydrogens (tertiary/aromatic N) is 4. The molecule has 2 unspecified atom stereocenters. The van der Waals surface area contributed by atoms with Crippen molar-refractivity contribution >= 4 is 0 Å². The zero-order valence-corrected chi connectivity index (χ0v) is 14.0. The first-order valence-electron chi connectivity index (χ1n) is 8.15. The molecule has 7 nitrogen and oxygen atoms in total. The fourth-order valence-electron chi connectivity index (χ4n) is 2.39. The topological polar surface area (TPSA) is 85.1 Å². The largest absolute Gasteiger partial charge is 0.491 e. The highest BCUT2D eigenvalue weighted by atomic mass is 16.5. The first-order valence-corrected chi connectivity index (χ1v) is 8.15. The van der Waals surface area contributed by atoms with Gasteiger partial charge in [-0.1, -0.05) is 30.3 Å². The Bertz CT molecular complexity index is 747. The summed E-state index contributed by atoms with van der Waals surface area (Å²) >= 11 is 0. The summed E-state index contributed by atoms with van der Waals surface area (Å²) < 4.78 is 7.16. The first kappa shape index (κ1) is 17.1. The molecule has 0 bridgehead atoms. The normalized spacial score (nSPS) is 13.4. The molecule has 25 heavy (non-hydrogen) atoms. The molecule has 2 aromatic carbocycles. The van der Waals surface area contributed by atoms with Crippen molar-refractivity contribution < 1.29 is 9.84 Å². The van der Waals surface area contributed by atoms with Crippen LogP contribution in [0, 0.1) is 0 Å². The van der Waals surface area contributed by atoms with Gasteiger partial charge in [0.25, 0.3) is 0 Å². The van der Waals surface area contributed by atoms with Gasteiger partial charge in [0.1, 0.15) is 24.8 Å². The van der Waals surface area contributed by atoms with Crippen molar-refractivity contribution in [3.05, 3.63) is 66.5 Å². The van der Waals surface area contributed by atoms with Crippen LogP contribution in [0.25, 0.3) is 5.69 Å². The van der Waals surface area contributed by atoms with Crippen LogP contribution >= 0.6 is 0 Å². The van der Waals surface area contributed by atoms with E-state index in [0.29, 0.717) is 6.54 Å². The third-order valence-corrected chi connectivity index (χ3v) is 3.85. The third-order valence-electron chi connectivity index (χ3n) is 3.85. The van der Waals surface area contributed by atoms with Crippen molar-refractivity contribution in [2.75, 3.05) is 13.2 Å². The summed E-state index contributed by atoms with van der Waals surface area (Å²) in [7, 11) is 0. The number of tetrazole rings is 1. The highest BCUT2D eigenvalue weighted by molar-refractivity contribution is 5.34. The van der Waals surface area contributed by atoms with Crippen molar-refractivity contribution in [3.63, 3.8) is 0 Å². The van der Waals surface area contributed by atoms with E-state index >= 15 is 0 Å². The molecule has 0 aliphatic carbocycles. The molecule has 1 aromatic heterocycles. The minimum atomic E-state index is -0.580. The van der Waals surface area contributed by atoms with Crippen molar-refractivity contribution in [1.29, 1.82) is 0 Å². The van der Waals surface area contributed by atoms with E-state index in [1.54, 1.807) is 11.0 Å². The van der Waals surface area contributed by atoms with Crippen molar-refractivity contribution in [3.8, 4) is 11.4 Å². The molecular weight excluding hydrogens is 318 g/mol. The third kappa shape index (κ3) is 4.85. The zero-order chi connectivity index (χ0) is 17.5. The molecule has 0 fully saturated rings. The summed E-state index contributed by atoms with van der Waals surface area (Å²) in [4.78, 5) is 0. The zero-order valence-electron chi connectivity index (χ0n) is 14.0. The minimum absolute atomic E-state index is 0.106. The number of aromatic nitrogens is 4. The summed E-state index contributed by atoms with van der Waals surface area (Å²) in [5, 5.41) is 24.5. The Labute approximate surface area is 146 Å². The lowest BCUT2D eigenvalue weighted by Crippen LogP contribution is -2.33. The molecule has 2 atom stereocenters.